The van der Waals surface area contributed by atoms with Crippen molar-refractivity contribution in [3.63, 3.8) is 0 Å². The van der Waals surface area contributed by atoms with Crippen LogP contribution in [0.5, 0.6) is 5.75 Å². The molecule has 2 fully saturated rings. The van der Waals surface area contributed by atoms with Crippen molar-refractivity contribution in [1.82, 2.24) is 24.7 Å². The Morgan fingerprint density at radius 2 is 1.86 bits per heavy atom. The van der Waals surface area contributed by atoms with Crippen LogP contribution in [0.2, 0.25) is 0 Å². The summed E-state index contributed by atoms with van der Waals surface area (Å²) in [6.07, 6.45) is 2.04. The molecule has 3 aliphatic rings. The number of morpholine rings is 1. The highest BCUT2D eigenvalue weighted by Crippen LogP contribution is 2.30. The summed E-state index contributed by atoms with van der Waals surface area (Å²) in [5.41, 5.74) is 1.89. The number of ether oxygens (including phenoxy) is 3. The maximum Gasteiger partial charge on any atom is 0.359 e. The number of amides is 2. The highest BCUT2D eigenvalue weighted by atomic mass is 16.5. The lowest BCUT2D eigenvalue weighted by Gasteiger charge is -2.44. The molecule has 36 heavy (non-hydrogen) atoms. The number of piperidine rings is 1. The first-order valence-electron chi connectivity index (χ1n) is 12.4. The van der Waals surface area contributed by atoms with E-state index in [1.54, 1.807) is 35.9 Å². The zero-order valence-electron chi connectivity index (χ0n) is 20.6. The first-order valence-corrected chi connectivity index (χ1v) is 12.4. The summed E-state index contributed by atoms with van der Waals surface area (Å²) in [6, 6.07) is 7.25. The number of hydrazine groups is 1. The largest absolute Gasteiger partial charge is 0.497 e. The number of nitrogens with zero attached hydrogens (tertiary/aromatic N) is 5. The van der Waals surface area contributed by atoms with Crippen LogP contribution < -0.4 is 4.74 Å². The van der Waals surface area contributed by atoms with Crippen molar-refractivity contribution in [2.75, 3.05) is 53.1 Å². The third kappa shape index (κ3) is 4.44. The van der Waals surface area contributed by atoms with Gasteiger partial charge in [0.2, 0.25) is 0 Å². The predicted molar refractivity (Wildman–Crippen MR) is 128 cm³/mol. The van der Waals surface area contributed by atoms with Gasteiger partial charge in [-0.1, -0.05) is 0 Å². The van der Waals surface area contributed by atoms with E-state index in [0.717, 1.165) is 12.8 Å². The summed E-state index contributed by atoms with van der Waals surface area (Å²) in [5, 5.41) is 8.39. The van der Waals surface area contributed by atoms with Gasteiger partial charge in [0.15, 0.2) is 5.69 Å². The van der Waals surface area contributed by atoms with Crippen molar-refractivity contribution in [3.8, 4) is 11.4 Å². The first kappa shape index (κ1) is 24.3. The van der Waals surface area contributed by atoms with Crippen molar-refractivity contribution >= 4 is 17.8 Å². The summed E-state index contributed by atoms with van der Waals surface area (Å²) in [6.45, 7) is 5.09. The Kier molecular flexibility index (Phi) is 6.92. The van der Waals surface area contributed by atoms with E-state index in [2.05, 4.69) is 10.1 Å². The summed E-state index contributed by atoms with van der Waals surface area (Å²) in [7, 11) is 1.59. The summed E-state index contributed by atoms with van der Waals surface area (Å²) in [4.78, 5) is 40.7. The van der Waals surface area contributed by atoms with Crippen LogP contribution in [0.25, 0.3) is 5.69 Å². The molecule has 11 nitrogen and oxygen atoms in total. The average Bonchev–Trinajstić information content (AvgIpc) is 3.30. The van der Waals surface area contributed by atoms with Gasteiger partial charge in [-0.25, -0.2) is 14.5 Å². The fraction of sp³-hybridized carbons (Fsp3) is 0.520. The molecule has 0 atom stereocenters. The molecule has 3 aliphatic heterocycles. The van der Waals surface area contributed by atoms with Crippen LogP contribution in [0.3, 0.4) is 0 Å². The zero-order valence-corrected chi connectivity index (χ0v) is 20.6. The smallest absolute Gasteiger partial charge is 0.359 e. The number of carbonyl (C=O) groups excluding carboxylic acids is 3. The van der Waals surface area contributed by atoms with E-state index in [-0.39, 0.29) is 36.8 Å². The molecule has 2 aromatic rings. The van der Waals surface area contributed by atoms with E-state index in [1.165, 1.54) is 0 Å². The van der Waals surface area contributed by atoms with E-state index in [4.69, 9.17) is 14.2 Å². The zero-order chi connectivity index (χ0) is 25.2. The molecule has 4 heterocycles. The molecular formula is C25H31N5O6. The monoisotopic (exact) mass is 497 g/mol. The van der Waals surface area contributed by atoms with Crippen LogP contribution in [-0.4, -0.2) is 102 Å². The molecule has 1 aromatic heterocycles. The summed E-state index contributed by atoms with van der Waals surface area (Å²) < 4.78 is 17.3. The SMILES string of the molecule is CCOC(=O)c1nn(-c2ccc(OC)cc2)c2c1CCN(C1CCN(N3CCOCC3=O)CC1)C2=O. The van der Waals surface area contributed by atoms with Gasteiger partial charge in [0, 0.05) is 31.2 Å². The third-order valence-electron chi connectivity index (χ3n) is 7.02. The molecule has 0 saturated carbocycles. The Morgan fingerprint density at radius 3 is 2.53 bits per heavy atom. The second-order valence-electron chi connectivity index (χ2n) is 9.01. The van der Waals surface area contributed by atoms with Gasteiger partial charge in [0.25, 0.3) is 11.8 Å². The molecule has 2 amide bonds. The van der Waals surface area contributed by atoms with E-state index >= 15 is 0 Å². The molecule has 192 valence electrons. The topological polar surface area (TPSA) is 106 Å². The molecule has 0 bridgehead atoms. The molecule has 0 aliphatic carbocycles. The molecule has 0 N–H and O–H groups in total. The Bertz CT molecular complexity index is 1140. The lowest BCUT2D eigenvalue weighted by molar-refractivity contribution is -0.168. The maximum atomic E-state index is 13.9. The van der Waals surface area contributed by atoms with Crippen LogP contribution in [0.15, 0.2) is 24.3 Å². The minimum atomic E-state index is -0.522. The van der Waals surface area contributed by atoms with Crippen LogP contribution in [0.1, 0.15) is 46.3 Å². The van der Waals surface area contributed by atoms with Crippen molar-refractivity contribution in [2.24, 2.45) is 0 Å². The Balaban J connectivity index is 1.39. The molecule has 11 heteroatoms. The standard InChI is InChI=1S/C25H31N5O6/c1-3-36-25(33)22-20-10-13-28(17-8-11-27(12-9-17)29-14-15-35-16-21(29)31)24(32)23(20)30(26-22)18-4-6-19(34-2)7-5-18/h4-7,17H,3,8-16H2,1-2H3. The van der Waals surface area contributed by atoms with Gasteiger partial charge in [0.05, 0.1) is 32.6 Å². The number of hydrogen-bond donors (Lipinski definition) is 0. The van der Waals surface area contributed by atoms with E-state index in [9.17, 15) is 14.4 Å². The summed E-state index contributed by atoms with van der Waals surface area (Å²) in [5.74, 6) is -0.00102. The highest BCUT2D eigenvalue weighted by molar-refractivity contribution is 6.00. The Labute approximate surface area is 209 Å². The van der Waals surface area contributed by atoms with Gasteiger partial charge in [-0.3, -0.25) is 14.6 Å². The average molecular weight is 498 g/mol. The third-order valence-corrected chi connectivity index (χ3v) is 7.02. The normalized spacial score (nSPS) is 19.4. The van der Waals surface area contributed by atoms with Crippen LogP contribution >= 0.6 is 0 Å². The lowest BCUT2D eigenvalue weighted by atomic mass is 9.97. The van der Waals surface area contributed by atoms with Gasteiger partial charge >= 0.3 is 5.97 Å². The minimum Gasteiger partial charge on any atom is -0.497 e. The van der Waals surface area contributed by atoms with Crippen molar-refractivity contribution in [3.05, 3.63) is 41.2 Å². The molecule has 2 saturated heterocycles. The Morgan fingerprint density at radius 1 is 1.11 bits per heavy atom. The van der Waals surface area contributed by atoms with Gasteiger partial charge in [-0.15, -0.1) is 0 Å². The number of carbonyl (C=O) groups is 3. The predicted octanol–water partition coefficient (Wildman–Crippen LogP) is 1.29. The van der Waals surface area contributed by atoms with Crippen molar-refractivity contribution in [2.45, 2.75) is 32.2 Å². The quantitative estimate of drug-likeness (QED) is 0.550. The second kappa shape index (κ2) is 10.3. The number of benzene rings is 1. The van der Waals surface area contributed by atoms with Crippen LogP contribution in [0, 0.1) is 0 Å². The summed E-state index contributed by atoms with van der Waals surface area (Å²) >= 11 is 0. The number of hydrogen-bond acceptors (Lipinski definition) is 8. The molecular weight excluding hydrogens is 466 g/mol. The molecule has 0 radical (unpaired) electrons. The highest BCUT2D eigenvalue weighted by Gasteiger charge is 2.39. The number of methoxy groups -OCH3 is 1. The van der Waals surface area contributed by atoms with Crippen molar-refractivity contribution < 1.29 is 28.6 Å². The molecule has 0 spiro atoms. The Hall–Kier alpha value is -3.44. The first-order chi connectivity index (χ1) is 17.5. The fourth-order valence-electron chi connectivity index (χ4n) is 5.21. The minimum absolute atomic E-state index is 0.0201. The van der Waals surface area contributed by atoms with E-state index in [1.807, 2.05) is 17.0 Å². The second-order valence-corrected chi connectivity index (χ2v) is 9.01. The number of rotatable bonds is 6. The van der Waals surface area contributed by atoms with Gasteiger partial charge < -0.3 is 19.1 Å². The fourth-order valence-corrected chi connectivity index (χ4v) is 5.21. The maximum absolute atomic E-state index is 13.9. The van der Waals surface area contributed by atoms with Gasteiger partial charge in [-0.2, -0.15) is 5.10 Å². The van der Waals surface area contributed by atoms with Gasteiger partial charge in [0.1, 0.15) is 18.1 Å². The molecule has 1 aromatic carbocycles. The molecule has 0 unspecified atom stereocenters. The van der Waals surface area contributed by atoms with Crippen molar-refractivity contribution in [1.29, 1.82) is 0 Å². The molecule has 5 rings (SSSR count). The number of esters is 1. The number of fused-ring (bicyclic) bond motifs is 1. The number of aromatic nitrogens is 2. The van der Waals surface area contributed by atoms with E-state index < -0.39 is 5.97 Å². The van der Waals surface area contributed by atoms with Crippen LogP contribution in [0.4, 0.5) is 0 Å². The van der Waals surface area contributed by atoms with Gasteiger partial charge in [-0.05, 0) is 50.5 Å². The lowest BCUT2D eigenvalue weighted by Crippen LogP contribution is -2.57. The van der Waals surface area contributed by atoms with E-state index in [0.29, 0.717) is 61.9 Å². The van der Waals surface area contributed by atoms with Crippen LogP contribution in [-0.2, 0) is 20.7 Å².